The van der Waals surface area contributed by atoms with E-state index in [1.807, 2.05) is 30.3 Å². The van der Waals surface area contributed by atoms with E-state index in [2.05, 4.69) is 10.6 Å². The number of nitrogens with zero attached hydrogens (tertiary/aromatic N) is 1. The van der Waals surface area contributed by atoms with E-state index in [9.17, 15) is 14.9 Å². The van der Waals surface area contributed by atoms with Gasteiger partial charge in [-0.3, -0.25) is 20.2 Å². The second kappa shape index (κ2) is 7.81. The highest BCUT2D eigenvalue weighted by Gasteiger charge is 2.05. The number of amides is 1. The maximum Gasteiger partial charge on any atom is 0.269 e. The van der Waals surface area contributed by atoms with Gasteiger partial charge in [-0.1, -0.05) is 30.3 Å². The summed E-state index contributed by atoms with van der Waals surface area (Å²) in [7, 11) is 0. The highest BCUT2D eigenvalue weighted by molar-refractivity contribution is 7.80. The summed E-state index contributed by atoms with van der Waals surface area (Å²) in [5.74, 6) is -0.367. The summed E-state index contributed by atoms with van der Waals surface area (Å²) >= 11 is 5.02. The van der Waals surface area contributed by atoms with Crippen molar-refractivity contribution in [2.45, 2.75) is 0 Å². The Labute approximate surface area is 138 Å². The average Bonchev–Trinajstić information content (AvgIpc) is 2.54. The van der Waals surface area contributed by atoms with Crippen LogP contribution in [0.15, 0.2) is 60.7 Å². The molecule has 6 nitrogen and oxygen atoms in total. The molecule has 0 aliphatic carbocycles. The van der Waals surface area contributed by atoms with E-state index in [4.69, 9.17) is 12.2 Å². The van der Waals surface area contributed by atoms with Gasteiger partial charge in [-0.2, -0.15) is 0 Å². The standard InChI is InChI=1S/C16H13N3O3S/c20-15(11-6-12-4-2-1-3-5-12)18-16(23)17-13-7-9-14(10-8-13)19(21)22/h1-11H,(H2,17,18,20,23). The molecule has 0 heterocycles. The number of hydrogen-bond acceptors (Lipinski definition) is 4. The number of hydrogen-bond donors (Lipinski definition) is 2. The van der Waals surface area contributed by atoms with Gasteiger partial charge in [0, 0.05) is 23.9 Å². The lowest BCUT2D eigenvalue weighted by Gasteiger charge is -2.07. The van der Waals surface area contributed by atoms with Crippen molar-refractivity contribution in [1.29, 1.82) is 0 Å². The summed E-state index contributed by atoms with van der Waals surface area (Å²) in [6.45, 7) is 0. The number of nitrogens with one attached hydrogen (secondary N) is 2. The first-order chi connectivity index (χ1) is 11.0. The largest absolute Gasteiger partial charge is 0.332 e. The van der Waals surface area contributed by atoms with Gasteiger partial charge in [0.2, 0.25) is 5.91 Å². The molecule has 0 saturated heterocycles. The van der Waals surface area contributed by atoms with Crippen molar-refractivity contribution in [2.75, 3.05) is 5.32 Å². The van der Waals surface area contributed by atoms with Crippen molar-refractivity contribution in [3.05, 3.63) is 76.4 Å². The van der Waals surface area contributed by atoms with E-state index in [0.717, 1.165) is 5.56 Å². The van der Waals surface area contributed by atoms with E-state index in [0.29, 0.717) is 5.69 Å². The Balaban J connectivity index is 1.87. The number of non-ortho nitro benzene ring substituents is 1. The molecule has 0 bridgehead atoms. The number of rotatable bonds is 4. The fraction of sp³-hybridized carbons (Fsp3) is 0. The normalized spacial score (nSPS) is 10.3. The molecule has 0 aliphatic rings. The molecule has 0 aromatic heterocycles. The maximum absolute atomic E-state index is 11.7. The monoisotopic (exact) mass is 327 g/mol. The highest BCUT2D eigenvalue weighted by atomic mass is 32.1. The topological polar surface area (TPSA) is 84.3 Å². The number of thiocarbonyl (C=S) groups is 1. The zero-order valence-corrected chi connectivity index (χ0v) is 12.7. The Morgan fingerprint density at radius 3 is 2.35 bits per heavy atom. The van der Waals surface area contributed by atoms with E-state index in [1.165, 1.54) is 30.3 Å². The van der Waals surface area contributed by atoms with Gasteiger partial charge in [-0.15, -0.1) is 0 Å². The van der Waals surface area contributed by atoms with Crippen molar-refractivity contribution in [3.63, 3.8) is 0 Å². The summed E-state index contributed by atoms with van der Waals surface area (Å²) < 4.78 is 0. The number of nitro benzene ring substituents is 1. The molecular weight excluding hydrogens is 314 g/mol. The van der Waals surface area contributed by atoms with Gasteiger partial charge in [0.1, 0.15) is 0 Å². The first-order valence-electron chi connectivity index (χ1n) is 6.64. The van der Waals surface area contributed by atoms with Gasteiger partial charge in [0.05, 0.1) is 4.92 Å². The Morgan fingerprint density at radius 1 is 1.09 bits per heavy atom. The van der Waals surface area contributed by atoms with Gasteiger partial charge >= 0.3 is 0 Å². The average molecular weight is 327 g/mol. The summed E-state index contributed by atoms with van der Waals surface area (Å²) in [6.07, 6.45) is 3.04. The van der Waals surface area contributed by atoms with Crippen LogP contribution in [0.3, 0.4) is 0 Å². The molecule has 1 amide bonds. The molecule has 0 spiro atoms. The van der Waals surface area contributed by atoms with Crippen LogP contribution in [0.25, 0.3) is 6.08 Å². The quantitative estimate of drug-likeness (QED) is 0.390. The summed E-state index contributed by atoms with van der Waals surface area (Å²) in [5.41, 5.74) is 1.43. The number of anilines is 1. The zero-order chi connectivity index (χ0) is 16.7. The molecule has 116 valence electrons. The van der Waals surface area contributed by atoms with Crippen LogP contribution in [-0.4, -0.2) is 15.9 Å². The second-order valence-corrected chi connectivity index (χ2v) is 4.90. The molecule has 23 heavy (non-hydrogen) atoms. The minimum atomic E-state index is -0.488. The zero-order valence-electron chi connectivity index (χ0n) is 11.9. The molecular formula is C16H13N3O3S. The Morgan fingerprint density at radius 2 is 1.74 bits per heavy atom. The van der Waals surface area contributed by atoms with Crippen molar-refractivity contribution in [1.82, 2.24) is 5.32 Å². The number of carbonyl (C=O) groups is 1. The van der Waals surface area contributed by atoms with Gasteiger partial charge in [0.15, 0.2) is 5.11 Å². The SMILES string of the molecule is O=C(C=Cc1ccccc1)NC(=S)Nc1ccc([N+](=O)[O-])cc1. The summed E-state index contributed by atoms with van der Waals surface area (Å²) in [4.78, 5) is 21.8. The van der Waals surface area contributed by atoms with Crippen LogP contribution >= 0.6 is 12.2 Å². The smallest absolute Gasteiger partial charge is 0.269 e. The molecule has 2 aromatic rings. The minimum absolute atomic E-state index is 0.0173. The van der Waals surface area contributed by atoms with E-state index >= 15 is 0 Å². The van der Waals surface area contributed by atoms with Crippen molar-refractivity contribution < 1.29 is 9.72 Å². The molecule has 2 aromatic carbocycles. The predicted octanol–water partition coefficient (Wildman–Crippen LogP) is 3.12. The lowest BCUT2D eigenvalue weighted by molar-refractivity contribution is -0.384. The molecule has 0 saturated carbocycles. The molecule has 2 rings (SSSR count). The van der Waals surface area contributed by atoms with Gasteiger partial charge < -0.3 is 5.32 Å². The van der Waals surface area contributed by atoms with Crippen molar-refractivity contribution in [2.24, 2.45) is 0 Å². The van der Waals surface area contributed by atoms with Crippen molar-refractivity contribution in [3.8, 4) is 0 Å². The minimum Gasteiger partial charge on any atom is -0.332 e. The molecule has 0 aliphatic heterocycles. The number of nitro groups is 1. The third-order valence-electron chi connectivity index (χ3n) is 2.80. The molecule has 0 fully saturated rings. The van der Waals surface area contributed by atoms with Crippen LogP contribution in [-0.2, 0) is 4.79 Å². The van der Waals surface area contributed by atoms with Crippen molar-refractivity contribution >= 4 is 40.7 Å². The van der Waals surface area contributed by atoms with Crippen LogP contribution in [0.4, 0.5) is 11.4 Å². The lowest BCUT2D eigenvalue weighted by atomic mass is 10.2. The predicted molar refractivity (Wildman–Crippen MR) is 92.9 cm³/mol. The highest BCUT2D eigenvalue weighted by Crippen LogP contribution is 2.15. The third kappa shape index (κ3) is 5.33. The fourth-order valence-corrected chi connectivity index (χ4v) is 1.94. The summed E-state index contributed by atoms with van der Waals surface area (Å²) in [6, 6.07) is 15.1. The fourth-order valence-electron chi connectivity index (χ4n) is 1.72. The van der Waals surface area contributed by atoms with Crippen LogP contribution in [0.1, 0.15) is 5.56 Å². The maximum atomic E-state index is 11.7. The van der Waals surface area contributed by atoms with Gasteiger partial charge in [0.25, 0.3) is 5.69 Å². The number of benzene rings is 2. The molecule has 2 N–H and O–H groups in total. The molecule has 7 heteroatoms. The van der Waals surface area contributed by atoms with Crippen LogP contribution in [0.5, 0.6) is 0 Å². The van der Waals surface area contributed by atoms with Gasteiger partial charge in [-0.05, 0) is 36.0 Å². The Hall–Kier alpha value is -3.06. The van der Waals surface area contributed by atoms with Crippen LogP contribution in [0, 0.1) is 10.1 Å². The summed E-state index contributed by atoms with van der Waals surface area (Å²) in [5, 5.41) is 16.0. The number of carbonyl (C=O) groups excluding carboxylic acids is 1. The first kappa shape index (κ1) is 16.3. The lowest BCUT2D eigenvalue weighted by Crippen LogP contribution is -2.32. The van der Waals surface area contributed by atoms with E-state index in [-0.39, 0.29) is 16.7 Å². The Bertz CT molecular complexity index is 743. The third-order valence-corrected chi connectivity index (χ3v) is 3.00. The van der Waals surface area contributed by atoms with E-state index in [1.54, 1.807) is 6.08 Å². The van der Waals surface area contributed by atoms with E-state index < -0.39 is 4.92 Å². The Kier molecular flexibility index (Phi) is 5.54. The van der Waals surface area contributed by atoms with Crippen LogP contribution < -0.4 is 10.6 Å². The molecule has 0 atom stereocenters. The molecule has 0 unspecified atom stereocenters. The second-order valence-electron chi connectivity index (χ2n) is 4.49. The van der Waals surface area contributed by atoms with Crippen LogP contribution in [0.2, 0.25) is 0 Å². The molecule has 0 radical (unpaired) electrons. The first-order valence-corrected chi connectivity index (χ1v) is 7.05. The van der Waals surface area contributed by atoms with Gasteiger partial charge in [-0.25, -0.2) is 0 Å².